The van der Waals surface area contributed by atoms with Gasteiger partial charge in [-0.1, -0.05) is 11.6 Å². The summed E-state index contributed by atoms with van der Waals surface area (Å²) in [6, 6.07) is 9.22. The average molecular weight is 317 g/mol. The topological polar surface area (TPSA) is 76.9 Å². The highest BCUT2D eigenvalue weighted by Gasteiger charge is 2.25. The van der Waals surface area contributed by atoms with Crippen LogP contribution < -0.4 is 10.6 Å². The van der Waals surface area contributed by atoms with Crippen molar-refractivity contribution in [2.45, 2.75) is 37.7 Å². The van der Waals surface area contributed by atoms with Crippen molar-refractivity contribution in [3.63, 3.8) is 0 Å². The molecule has 1 aromatic carbocycles. The van der Waals surface area contributed by atoms with Crippen LogP contribution in [-0.4, -0.2) is 16.0 Å². The van der Waals surface area contributed by atoms with Gasteiger partial charge >= 0.3 is 0 Å². The number of halogens is 1. The smallest absolute Gasteiger partial charge is 0.121 e. The lowest BCUT2D eigenvalue weighted by Gasteiger charge is -2.28. The number of hydrogen-bond donors (Lipinski definition) is 1. The lowest BCUT2D eigenvalue weighted by Crippen LogP contribution is -2.23. The predicted octanol–water partition coefficient (Wildman–Crippen LogP) is 3.23. The molecule has 0 atom stereocenters. The van der Waals surface area contributed by atoms with Crippen LogP contribution in [0.5, 0.6) is 5.75 Å². The molecule has 1 heterocycles. The van der Waals surface area contributed by atoms with Crippen LogP contribution in [0.15, 0.2) is 30.5 Å². The Morgan fingerprint density at radius 1 is 1.27 bits per heavy atom. The van der Waals surface area contributed by atoms with E-state index in [1.807, 2.05) is 12.1 Å². The number of nitriles is 1. The Labute approximate surface area is 134 Å². The third-order valence-electron chi connectivity index (χ3n) is 4.09. The minimum Gasteiger partial charge on any atom is -0.490 e. The quantitative estimate of drug-likeness (QED) is 0.882. The van der Waals surface area contributed by atoms with E-state index < -0.39 is 0 Å². The first-order valence-corrected chi connectivity index (χ1v) is 7.70. The molecule has 0 saturated heterocycles. The van der Waals surface area contributed by atoms with Crippen molar-refractivity contribution in [1.29, 1.82) is 5.26 Å². The first kappa shape index (κ1) is 14.7. The van der Waals surface area contributed by atoms with Gasteiger partial charge in [0.25, 0.3) is 0 Å². The third-order valence-corrected chi connectivity index (χ3v) is 4.40. The highest BCUT2D eigenvalue weighted by Crippen LogP contribution is 2.34. The van der Waals surface area contributed by atoms with E-state index in [1.54, 1.807) is 24.4 Å². The van der Waals surface area contributed by atoms with E-state index in [9.17, 15) is 0 Å². The minimum absolute atomic E-state index is 0.181. The highest BCUT2D eigenvalue weighted by atomic mass is 35.5. The average Bonchev–Trinajstić information content (AvgIpc) is 2.95. The molecule has 1 saturated carbocycles. The van der Waals surface area contributed by atoms with Gasteiger partial charge in [-0.3, -0.25) is 0 Å². The lowest BCUT2D eigenvalue weighted by molar-refractivity contribution is 0.145. The van der Waals surface area contributed by atoms with Crippen molar-refractivity contribution in [2.24, 2.45) is 0 Å². The van der Waals surface area contributed by atoms with E-state index in [-0.39, 0.29) is 6.10 Å². The second kappa shape index (κ2) is 6.29. The fraction of sp³-hybridized carbons (Fsp3) is 0.375. The van der Waals surface area contributed by atoms with Gasteiger partial charge in [-0.15, -0.1) is 0 Å². The van der Waals surface area contributed by atoms with E-state index in [0.717, 1.165) is 37.1 Å². The number of ether oxygens (including phenoxy) is 1. The summed E-state index contributed by atoms with van der Waals surface area (Å²) in [5.41, 5.74) is 1.53. The normalized spacial score (nSPS) is 21.3. The van der Waals surface area contributed by atoms with Crippen molar-refractivity contribution in [3.8, 4) is 11.8 Å². The number of nitrogen functional groups attached to an aromatic ring is 1. The van der Waals surface area contributed by atoms with Gasteiger partial charge in [0.2, 0.25) is 0 Å². The zero-order chi connectivity index (χ0) is 15.5. The van der Waals surface area contributed by atoms with Crippen molar-refractivity contribution in [2.75, 3.05) is 5.84 Å². The maximum absolute atomic E-state index is 8.88. The molecule has 2 aromatic rings. The number of aromatic nitrogens is 2. The van der Waals surface area contributed by atoms with Crippen LogP contribution in [0.2, 0.25) is 5.02 Å². The maximum atomic E-state index is 8.88. The number of nitrogens with zero attached hydrogens (tertiary/aromatic N) is 3. The summed E-state index contributed by atoms with van der Waals surface area (Å²) in [6.07, 6.45) is 5.97. The minimum atomic E-state index is 0.181. The molecule has 5 nitrogen and oxygen atoms in total. The molecule has 1 aliphatic carbocycles. The molecule has 0 aliphatic heterocycles. The molecule has 1 aliphatic rings. The van der Waals surface area contributed by atoms with Gasteiger partial charge < -0.3 is 10.6 Å². The van der Waals surface area contributed by atoms with Crippen LogP contribution in [0.4, 0.5) is 0 Å². The van der Waals surface area contributed by atoms with E-state index in [0.29, 0.717) is 16.5 Å². The van der Waals surface area contributed by atoms with Crippen LogP contribution >= 0.6 is 11.6 Å². The molecule has 0 amide bonds. The molecule has 2 N–H and O–H groups in total. The molecule has 0 spiro atoms. The number of nitrogens with two attached hydrogens (primary N) is 1. The third kappa shape index (κ3) is 3.18. The summed E-state index contributed by atoms with van der Waals surface area (Å²) in [6.45, 7) is 0. The first-order valence-electron chi connectivity index (χ1n) is 7.32. The zero-order valence-corrected chi connectivity index (χ0v) is 12.8. The number of rotatable bonds is 3. The Morgan fingerprint density at radius 2 is 2.05 bits per heavy atom. The SMILES string of the molecule is N#Cc1ccc(O[C@H]2CC[C@H](c3ccn(N)n3)CC2)cc1Cl. The van der Waals surface area contributed by atoms with Gasteiger partial charge in [0.15, 0.2) is 0 Å². The Hall–Kier alpha value is -2.19. The summed E-state index contributed by atoms with van der Waals surface area (Å²) in [7, 11) is 0. The van der Waals surface area contributed by atoms with Crippen molar-refractivity contribution < 1.29 is 4.74 Å². The molecule has 6 heteroatoms. The standard InChI is InChI=1S/C16H17ClN4O/c17-15-9-14(6-3-12(15)10-18)22-13-4-1-11(2-5-13)16-7-8-21(19)20-16/h3,6-9,11,13H,1-2,4-5,19H2/t11-,13-. The fourth-order valence-electron chi connectivity index (χ4n) is 2.90. The molecular weight excluding hydrogens is 300 g/mol. The van der Waals surface area contributed by atoms with E-state index >= 15 is 0 Å². The summed E-state index contributed by atoms with van der Waals surface area (Å²) < 4.78 is 5.98. The van der Waals surface area contributed by atoms with Crippen LogP contribution in [0.3, 0.4) is 0 Å². The zero-order valence-electron chi connectivity index (χ0n) is 12.1. The van der Waals surface area contributed by atoms with Crippen molar-refractivity contribution in [3.05, 3.63) is 46.7 Å². The molecule has 22 heavy (non-hydrogen) atoms. The molecule has 1 fully saturated rings. The summed E-state index contributed by atoms with van der Waals surface area (Å²) in [4.78, 5) is 1.36. The molecule has 3 rings (SSSR count). The fourth-order valence-corrected chi connectivity index (χ4v) is 3.11. The monoisotopic (exact) mass is 316 g/mol. The van der Waals surface area contributed by atoms with Gasteiger partial charge in [-0.25, -0.2) is 0 Å². The Kier molecular flexibility index (Phi) is 4.21. The maximum Gasteiger partial charge on any atom is 0.121 e. The summed E-state index contributed by atoms with van der Waals surface area (Å²) >= 11 is 6.03. The molecule has 0 bridgehead atoms. The van der Waals surface area contributed by atoms with Gasteiger partial charge in [-0.2, -0.15) is 15.2 Å². The number of hydrogen-bond acceptors (Lipinski definition) is 4. The molecule has 0 unspecified atom stereocenters. The van der Waals surface area contributed by atoms with Crippen molar-refractivity contribution >= 4 is 11.6 Å². The van der Waals surface area contributed by atoms with E-state index in [1.165, 1.54) is 4.79 Å². The first-order chi connectivity index (χ1) is 10.7. The second-order valence-electron chi connectivity index (χ2n) is 5.57. The summed E-state index contributed by atoms with van der Waals surface area (Å²) in [5, 5.41) is 13.6. The second-order valence-corrected chi connectivity index (χ2v) is 5.97. The van der Waals surface area contributed by atoms with Crippen LogP contribution in [0.25, 0.3) is 0 Å². The molecule has 1 aromatic heterocycles. The highest BCUT2D eigenvalue weighted by molar-refractivity contribution is 6.31. The van der Waals surface area contributed by atoms with Crippen LogP contribution in [-0.2, 0) is 0 Å². The van der Waals surface area contributed by atoms with Gasteiger partial charge in [0, 0.05) is 18.2 Å². The molecule has 0 radical (unpaired) electrons. The largest absolute Gasteiger partial charge is 0.490 e. The van der Waals surface area contributed by atoms with Gasteiger partial charge in [0.05, 0.1) is 22.4 Å². The van der Waals surface area contributed by atoms with Crippen LogP contribution in [0.1, 0.15) is 42.9 Å². The predicted molar refractivity (Wildman–Crippen MR) is 84.2 cm³/mol. The Balaban J connectivity index is 1.58. The van der Waals surface area contributed by atoms with E-state index in [4.69, 9.17) is 27.4 Å². The Morgan fingerprint density at radius 3 is 2.64 bits per heavy atom. The number of benzene rings is 1. The van der Waals surface area contributed by atoms with Crippen LogP contribution in [0, 0.1) is 11.3 Å². The van der Waals surface area contributed by atoms with Gasteiger partial charge in [-0.05, 0) is 43.9 Å². The van der Waals surface area contributed by atoms with E-state index in [2.05, 4.69) is 5.10 Å². The molecule has 114 valence electrons. The molecular formula is C16H17ClN4O. The summed E-state index contributed by atoms with van der Waals surface area (Å²) in [5.74, 6) is 6.77. The van der Waals surface area contributed by atoms with Gasteiger partial charge in [0.1, 0.15) is 11.8 Å². The Bertz CT molecular complexity index is 698. The lowest BCUT2D eigenvalue weighted by atomic mass is 9.85. The van der Waals surface area contributed by atoms with Crippen molar-refractivity contribution in [1.82, 2.24) is 9.89 Å².